The van der Waals surface area contributed by atoms with Crippen molar-refractivity contribution in [1.29, 1.82) is 0 Å². The topological polar surface area (TPSA) is 78.5 Å². The van der Waals surface area contributed by atoms with E-state index in [9.17, 15) is 14.4 Å². The minimum atomic E-state index is -0.646. The number of hydrogen-bond acceptors (Lipinski definition) is 3. The monoisotopic (exact) mass is 421 g/mol. The molecule has 0 saturated carbocycles. The predicted molar refractivity (Wildman–Crippen MR) is 120 cm³/mol. The number of nitrogens with zero attached hydrogens (tertiary/aromatic N) is 1. The van der Waals surface area contributed by atoms with Gasteiger partial charge in [0.25, 0.3) is 5.91 Å². The molecule has 1 saturated heterocycles. The summed E-state index contributed by atoms with van der Waals surface area (Å²) >= 11 is 0. The van der Waals surface area contributed by atoms with Gasteiger partial charge in [-0.15, -0.1) is 0 Å². The van der Waals surface area contributed by atoms with E-state index in [-0.39, 0.29) is 29.6 Å². The van der Waals surface area contributed by atoms with Gasteiger partial charge in [-0.2, -0.15) is 0 Å². The second-order valence-electron chi connectivity index (χ2n) is 8.34. The second-order valence-corrected chi connectivity index (χ2v) is 8.34. The highest BCUT2D eigenvalue weighted by Gasteiger charge is 2.34. The number of carbonyl (C=O) groups excluding carboxylic acids is 3. The third kappa shape index (κ3) is 6.17. The summed E-state index contributed by atoms with van der Waals surface area (Å²) in [5, 5.41) is 5.92. The van der Waals surface area contributed by atoms with Crippen LogP contribution in [0, 0.1) is 11.8 Å². The average molecular weight is 422 g/mol. The highest BCUT2D eigenvalue weighted by atomic mass is 16.2. The van der Waals surface area contributed by atoms with Crippen molar-refractivity contribution in [2.24, 2.45) is 11.8 Å². The van der Waals surface area contributed by atoms with Crippen molar-refractivity contribution in [2.45, 2.75) is 39.3 Å². The Labute approximate surface area is 184 Å². The number of carbonyl (C=O) groups is 3. The summed E-state index contributed by atoms with van der Waals surface area (Å²) in [6.45, 7) is 5.40. The average Bonchev–Trinajstić information content (AvgIpc) is 2.81. The first-order valence-corrected chi connectivity index (χ1v) is 10.9. The van der Waals surface area contributed by atoms with Gasteiger partial charge in [-0.1, -0.05) is 62.4 Å². The fourth-order valence-corrected chi connectivity index (χ4v) is 3.92. The highest BCUT2D eigenvalue weighted by molar-refractivity contribution is 5.97. The Morgan fingerprint density at radius 2 is 1.52 bits per heavy atom. The van der Waals surface area contributed by atoms with Crippen molar-refractivity contribution >= 4 is 17.7 Å². The van der Waals surface area contributed by atoms with Crippen LogP contribution in [0.4, 0.5) is 0 Å². The summed E-state index contributed by atoms with van der Waals surface area (Å²) in [6, 6.07) is 18.0. The number of hydrogen-bond donors (Lipinski definition) is 2. The number of amides is 3. The molecule has 0 radical (unpaired) electrons. The number of likely N-dealkylation sites (tertiary alicyclic amines) is 1. The largest absolute Gasteiger partial charge is 0.350 e. The zero-order valence-electron chi connectivity index (χ0n) is 18.2. The van der Waals surface area contributed by atoms with E-state index in [4.69, 9.17) is 0 Å². The number of rotatable bonds is 7. The van der Waals surface area contributed by atoms with Crippen molar-refractivity contribution in [1.82, 2.24) is 15.5 Å². The molecule has 2 aromatic rings. The number of nitrogens with one attached hydrogen (secondary N) is 2. The van der Waals surface area contributed by atoms with Gasteiger partial charge in [-0.05, 0) is 36.5 Å². The maximum atomic E-state index is 13.1. The van der Waals surface area contributed by atoms with Crippen molar-refractivity contribution in [3.05, 3.63) is 71.8 Å². The summed E-state index contributed by atoms with van der Waals surface area (Å²) in [5.41, 5.74) is 1.53. The van der Waals surface area contributed by atoms with Crippen LogP contribution in [0.2, 0.25) is 0 Å². The smallest absolute Gasteiger partial charge is 0.251 e. The van der Waals surface area contributed by atoms with Gasteiger partial charge in [0.05, 0.1) is 0 Å². The van der Waals surface area contributed by atoms with E-state index in [1.54, 1.807) is 24.3 Å². The fourth-order valence-electron chi connectivity index (χ4n) is 3.92. The SMILES string of the molecule is CC(C)C(=O)N1CCC([C@@H](NC(=O)c2ccccc2)C(=O)NCc2ccccc2)CC1. The van der Waals surface area contributed by atoms with Crippen molar-refractivity contribution < 1.29 is 14.4 Å². The molecule has 1 aliphatic heterocycles. The minimum absolute atomic E-state index is 0.0281. The van der Waals surface area contributed by atoms with Crippen molar-refractivity contribution in [3.63, 3.8) is 0 Å². The van der Waals surface area contributed by atoms with Crippen LogP contribution >= 0.6 is 0 Å². The molecule has 0 spiro atoms. The van der Waals surface area contributed by atoms with Gasteiger partial charge in [-0.25, -0.2) is 0 Å². The normalized spacial score (nSPS) is 15.4. The Kier molecular flexibility index (Phi) is 7.82. The van der Waals surface area contributed by atoms with E-state index in [1.807, 2.05) is 55.1 Å². The van der Waals surface area contributed by atoms with Crippen LogP contribution in [0.5, 0.6) is 0 Å². The van der Waals surface area contributed by atoms with E-state index >= 15 is 0 Å². The third-order valence-electron chi connectivity index (χ3n) is 5.73. The molecule has 0 unspecified atom stereocenters. The molecule has 0 aliphatic carbocycles. The molecule has 2 N–H and O–H groups in total. The van der Waals surface area contributed by atoms with Crippen LogP contribution in [0.15, 0.2) is 60.7 Å². The number of benzene rings is 2. The molecule has 3 amide bonds. The number of piperidine rings is 1. The van der Waals surface area contributed by atoms with Crippen LogP contribution in [-0.2, 0) is 16.1 Å². The minimum Gasteiger partial charge on any atom is -0.350 e. The van der Waals surface area contributed by atoms with Gasteiger partial charge < -0.3 is 15.5 Å². The molecule has 1 atom stereocenters. The fraction of sp³-hybridized carbons (Fsp3) is 0.400. The summed E-state index contributed by atoms with van der Waals surface area (Å²) in [4.78, 5) is 40.1. The van der Waals surface area contributed by atoms with Gasteiger partial charge in [0.15, 0.2) is 0 Å². The zero-order chi connectivity index (χ0) is 22.2. The van der Waals surface area contributed by atoms with E-state index < -0.39 is 6.04 Å². The Morgan fingerprint density at radius 3 is 2.10 bits per heavy atom. The van der Waals surface area contributed by atoms with Gasteiger partial charge in [0, 0.05) is 31.1 Å². The summed E-state index contributed by atoms with van der Waals surface area (Å²) < 4.78 is 0. The summed E-state index contributed by atoms with van der Waals surface area (Å²) in [5.74, 6) is -0.390. The van der Waals surface area contributed by atoms with Gasteiger partial charge in [-0.3, -0.25) is 14.4 Å². The Morgan fingerprint density at radius 1 is 0.935 bits per heavy atom. The molecule has 1 aliphatic rings. The molecule has 6 heteroatoms. The second kappa shape index (κ2) is 10.8. The predicted octanol–water partition coefficient (Wildman–Crippen LogP) is 3.00. The molecule has 2 aromatic carbocycles. The van der Waals surface area contributed by atoms with Gasteiger partial charge >= 0.3 is 0 Å². The Balaban J connectivity index is 1.69. The van der Waals surface area contributed by atoms with Crippen LogP contribution in [0.1, 0.15) is 42.6 Å². The van der Waals surface area contributed by atoms with Gasteiger partial charge in [0.1, 0.15) is 6.04 Å². The van der Waals surface area contributed by atoms with Crippen molar-refractivity contribution in [3.8, 4) is 0 Å². The first-order chi connectivity index (χ1) is 15.0. The molecule has 6 nitrogen and oxygen atoms in total. The molecular formula is C25H31N3O3. The maximum absolute atomic E-state index is 13.1. The van der Waals surface area contributed by atoms with Crippen LogP contribution in [0.25, 0.3) is 0 Å². The molecule has 3 rings (SSSR count). The van der Waals surface area contributed by atoms with Crippen LogP contribution in [-0.4, -0.2) is 41.8 Å². The van der Waals surface area contributed by atoms with E-state index in [1.165, 1.54) is 0 Å². The van der Waals surface area contributed by atoms with Gasteiger partial charge in [0.2, 0.25) is 11.8 Å². The molecular weight excluding hydrogens is 390 g/mol. The molecule has 31 heavy (non-hydrogen) atoms. The lowest BCUT2D eigenvalue weighted by Gasteiger charge is -2.36. The van der Waals surface area contributed by atoms with E-state index in [0.717, 1.165) is 5.56 Å². The molecule has 1 heterocycles. The lowest BCUT2D eigenvalue weighted by molar-refractivity contribution is -0.136. The van der Waals surface area contributed by atoms with Crippen molar-refractivity contribution in [2.75, 3.05) is 13.1 Å². The molecule has 164 valence electrons. The Bertz CT molecular complexity index is 875. The molecule has 1 fully saturated rings. The molecule has 0 aromatic heterocycles. The Hall–Kier alpha value is -3.15. The lowest BCUT2D eigenvalue weighted by Crippen LogP contribution is -2.54. The third-order valence-corrected chi connectivity index (χ3v) is 5.73. The standard InChI is InChI=1S/C25H31N3O3/c1-18(2)25(31)28-15-13-20(14-16-28)22(27-23(29)21-11-7-4-8-12-21)24(30)26-17-19-9-5-3-6-10-19/h3-12,18,20,22H,13-17H2,1-2H3,(H,26,30)(H,27,29)/t22-/m1/s1. The zero-order valence-corrected chi connectivity index (χ0v) is 18.2. The van der Waals surface area contributed by atoms with Crippen LogP contribution in [0.3, 0.4) is 0 Å². The van der Waals surface area contributed by atoms with E-state index in [2.05, 4.69) is 10.6 Å². The quantitative estimate of drug-likeness (QED) is 0.721. The first-order valence-electron chi connectivity index (χ1n) is 10.9. The maximum Gasteiger partial charge on any atom is 0.251 e. The first kappa shape index (κ1) is 22.5. The summed E-state index contributed by atoms with van der Waals surface area (Å²) in [7, 11) is 0. The molecule has 0 bridgehead atoms. The summed E-state index contributed by atoms with van der Waals surface area (Å²) in [6.07, 6.45) is 1.36. The van der Waals surface area contributed by atoms with Crippen LogP contribution < -0.4 is 10.6 Å². The van der Waals surface area contributed by atoms with E-state index in [0.29, 0.717) is 38.0 Å². The highest BCUT2D eigenvalue weighted by Crippen LogP contribution is 2.23. The lowest BCUT2D eigenvalue weighted by atomic mass is 9.88.